The van der Waals surface area contributed by atoms with Gasteiger partial charge in [0.2, 0.25) is 0 Å². The van der Waals surface area contributed by atoms with Crippen molar-refractivity contribution in [2.45, 2.75) is 6.92 Å². The van der Waals surface area contributed by atoms with E-state index in [1.165, 1.54) is 0 Å². The summed E-state index contributed by atoms with van der Waals surface area (Å²) in [6.45, 7) is 5.31. The van der Waals surface area contributed by atoms with Crippen LogP contribution in [0.5, 0.6) is 0 Å². The number of carbonyl (C=O) groups excluding carboxylic acids is 1. The molecule has 0 heterocycles. The van der Waals surface area contributed by atoms with E-state index in [0.717, 1.165) is 10.4 Å². The van der Waals surface area contributed by atoms with Crippen molar-refractivity contribution in [3.8, 4) is 0 Å². The molecule has 0 fully saturated rings. The summed E-state index contributed by atoms with van der Waals surface area (Å²) in [5.74, 6) is -0.315. The topological polar surface area (TPSA) is 26.3 Å². The largest absolute Gasteiger partial charge is 0.510 e. The fourth-order valence-corrected chi connectivity index (χ4v) is 4.01. The molecule has 0 aliphatic carbocycles. The molecule has 0 spiro atoms. The Morgan fingerprint density at radius 3 is 1.74 bits per heavy atom. The average Bonchev–Trinajstić information content (AvgIpc) is 2.46. The highest BCUT2D eigenvalue weighted by molar-refractivity contribution is 6.81. The number of rotatable bonds is 4. The number of hydrogen-bond donors (Lipinski definition) is 0. The van der Waals surface area contributed by atoms with E-state index in [4.69, 9.17) is 4.43 Å². The average molecular weight is 268 g/mol. The van der Waals surface area contributed by atoms with Crippen LogP contribution < -0.4 is 10.4 Å². The minimum atomic E-state index is -1.97. The highest BCUT2D eigenvalue weighted by Crippen LogP contribution is 1.99. The summed E-state index contributed by atoms with van der Waals surface area (Å²) in [7, 11) is -1.97. The van der Waals surface area contributed by atoms with Crippen molar-refractivity contribution in [1.82, 2.24) is 0 Å². The second-order valence-corrected chi connectivity index (χ2v) is 6.72. The molecule has 0 saturated heterocycles. The third-order valence-electron chi connectivity index (χ3n) is 2.78. The summed E-state index contributed by atoms with van der Waals surface area (Å²) < 4.78 is 5.68. The fraction of sp³-hybridized carbons (Fsp3) is 0.0625. The molecule has 0 bridgehead atoms. The predicted molar refractivity (Wildman–Crippen MR) is 80.2 cm³/mol. The minimum absolute atomic E-state index is 0.315. The molecule has 0 radical (unpaired) electrons. The lowest BCUT2D eigenvalue weighted by Crippen LogP contribution is -2.46. The van der Waals surface area contributed by atoms with Gasteiger partial charge in [-0.05, 0) is 17.3 Å². The van der Waals surface area contributed by atoms with E-state index in [1.54, 1.807) is 6.92 Å². The lowest BCUT2D eigenvalue weighted by atomic mass is 10.4. The van der Waals surface area contributed by atoms with Crippen LogP contribution in [0, 0.1) is 0 Å². The molecule has 2 rings (SSSR count). The van der Waals surface area contributed by atoms with Gasteiger partial charge in [-0.2, -0.15) is 0 Å². The van der Waals surface area contributed by atoms with Crippen molar-refractivity contribution in [1.29, 1.82) is 0 Å². The maximum Gasteiger partial charge on any atom is 0.320 e. The summed E-state index contributed by atoms with van der Waals surface area (Å²) >= 11 is 0. The predicted octanol–water partition coefficient (Wildman–Crippen LogP) is 1.64. The van der Waals surface area contributed by atoms with Crippen molar-refractivity contribution < 1.29 is 9.22 Å². The molecule has 0 aliphatic heterocycles. The third-order valence-corrected chi connectivity index (χ3v) is 5.21. The normalized spacial score (nSPS) is 10.2. The van der Waals surface area contributed by atoms with Gasteiger partial charge in [0.1, 0.15) is 0 Å². The Morgan fingerprint density at radius 2 is 1.37 bits per heavy atom. The van der Waals surface area contributed by atoms with Crippen LogP contribution in [-0.2, 0) is 9.22 Å². The number of benzene rings is 2. The van der Waals surface area contributed by atoms with E-state index in [0.29, 0.717) is 5.57 Å². The first-order valence-electron chi connectivity index (χ1n) is 6.15. The van der Waals surface area contributed by atoms with Gasteiger partial charge >= 0.3 is 15.0 Å². The van der Waals surface area contributed by atoms with Crippen molar-refractivity contribution in [2.24, 2.45) is 0 Å². The van der Waals surface area contributed by atoms with Crippen LogP contribution in [0.15, 0.2) is 72.8 Å². The van der Waals surface area contributed by atoms with Crippen LogP contribution >= 0.6 is 0 Å². The first-order valence-corrected chi connectivity index (χ1v) is 7.77. The molecular weight excluding hydrogens is 252 g/mol. The molecular formula is C16H16O2Si. The maximum atomic E-state index is 11.8. The number of carbonyl (C=O) groups is 1. The van der Waals surface area contributed by atoms with E-state index in [2.05, 4.69) is 6.58 Å². The summed E-state index contributed by atoms with van der Waals surface area (Å²) in [6, 6.07) is 19.8. The summed E-state index contributed by atoms with van der Waals surface area (Å²) in [6.07, 6.45) is 0. The molecule has 3 heteroatoms. The Labute approximate surface area is 115 Å². The van der Waals surface area contributed by atoms with E-state index in [1.807, 2.05) is 60.7 Å². The molecule has 96 valence electrons. The Kier molecular flexibility index (Phi) is 4.31. The van der Waals surface area contributed by atoms with Gasteiger partial charge in [-0.15, -0.1) is 0 Å². The minimum Gasteiger partial charge on any atom is -0.510 e. The van der Waals surface area contributed by atoms with Crippen LogP contribution in [0.25, 0.3) is 0 Å². The van der Waals surface area contributed by atoms with Crippen LogP contribution in [0.3, 0.4) is 0 Å². The molecule has 0 aliphatic rings. The molecule has 2 nitrogen and oxygen atoms in total. The smallest absolute Gasteiger partial charge is 0.320 e. The highest BCUT2D eigenvalue weighted by Gasteiger charge is 2.21. The first-order chi connectivity index (χ1) is 9.18. The Bertz CT molecular complexity index is 524. The first kappa shape index (κ1) is 13.3. The maximum absolute atomic E-state index is 11.8. The van der Waals surface area contributed by atoms with Gasteiger partial charge in [0.15, 0.2) is 0 Å². The molecule has 19 heavy (non-hydrogen) atoms. The second kappa shape index (κ2) is 6.16. The van der Waals surface area contributed by atoms with Gasteiger partial charge in [-0.3, -0.25) is 0 Å². The molecule has 0 amide bonds. The monoisotopic (exact) mass is 268 g/mol. The summed E-state index contributed by atoms with van der Waals surface area (Å²) in [4.78, 5) is 11.8. The van der Waals surface area contributed by atoms with Crippen molar-refractivity contribution in [3.63, 3.8) is 0 Å². The molecule has 0 unspecified atom stereocenters. The van der Waals surface area contributed by atoms with Crippen molar-refractivity contribution in [3.05, 3.63) is 72.8 Å². The van der Waals surface area contributed by atoms with E-state index in [9.17, 15) is 4.79 Å². The lowest BCUT2D eigenvalue weighted by Gasteiger charge is -2.17. The molecule has 0 aromatic heterocycles. The van der Waals surface area contributed by atoms with Crippen LogP contribution in [-0.4, -0.2) is 15.0 Å². The van der Waals surface area contributed by atoms with Crippen molar-refractivity contribution in [2.75, 3.05) is 0 Å². The molecule has 0 saturated carbocycles. The van der Waals surface area contributed by atoms with Crippen LogP contribution in [0.2, 0.25) is 0 Å². The fourth-order valence-electron chi connectivity index (χ4n) is 1.79. The molecule has 2 aromatic rings. The zero-order chi connectivity index (χ0) is 13.7. The van der Waals surface area contributed by atoms with Gasteiger partial charge in [0.05, 0.1) is 0 Å². The van der Waals surface area contributed by atoms with Crippen molar-refractivity contribution >= 4 is 25.4 Å². The zero-order valence-electron chi connectivity index (χ0n) is 10.9. The number of hydrogen-bond acceptors (Lipinski definition) is 2. The Morgan fingerprint density at radius 1 is 0.947 bits per heavy atom. The molecule has 0 N–H and O–H groups in total. The summed E-state index contributed by atoms with van der Waals surface area (Å²) in [5.41, 5.74) is 0.435. The molecule has 0 atom stereocenters. The second-order valence-electron chi connectivity index (χ2n) is 4.39. The zero-order valence-corrected chi connectivity index (χ0v) is 12.0. The Hall–Kier alpha value is -2.13. The van der Waals surface area contributed by atoms with Gasteiger partial charge in [0, 0.05) is 5.57 Å². The highest BCUT2D eigenvalue weighted by atomic mass is 28.3. The third kappa shape index (κ3) is 3.42. The van der Waals surface area contributed by atoms with Gasteiger partial charge in [-0.1, -0.05) is 67.2 Å². The SMILES string of the molecule is C=C(C)C(=O)O[SiH](c1ccccc1)c1ccccc1. The molecule has 2 aromatic carbocycles. The standard InChI is InChI=1S/C16H16O2Si/c1-13(2)16(17)18-19(14-9-5-3-6-10-14)15-11-7-4-8-12-15/h3-12,19H,1H2,2H3. The lowest BCUT2D eigenvalue weighted by molar-refractivity contribution is -0.130. The summed E-state index contributed by atoms with van der Waals surface area (Å²) in [5, 5.41) is 2.17. The quantitative estimate of drug-likeness (QED) is 0.622. The van der Waals surface area contributed by atoms with E-state index in [-0.39, 0.29) is 5.97 Å². The van der Waals surface area contributed by atoms with Gasteiger partial charge in [-0.25, -0.2) is 4.79 Å². The Balaban J connectivity index is 2.34. The van der Waals surface area contributed by atoms with Gasteiger partial charge < -0.3 is 4.43 Å². The van der Waals surface area contributed by atoms with Gasteiger partial charge in [0.25, 0.3) is 0 Å². The van der Waals surface area contributed by atoms with E-state index >= 15 is 0 Å². The van der Waals surface area contributed by atoms with E-state index < -0.39 is 9.04 Å². The van der Waals surface area contributed by atoms with Crippen LogP contribution in [0.4, 0.5) is 0 Å². The van der Waals surface area contributed by atoms with Crippen LogP contribution in [0.1, 0.15) is 6.92 Å².